The van der Waals surface area contributed by atoms with Crippen LogP contribution in [0.2, 0.25) is 0 Å². The van der Waals surface area contributed by atoms with Gasteiger partial charge in [0.2, 0.25) is 0 Å². The molecule has 1 atom stereocenters. The highest BCUT2D eigenvalue weighted by atomic mass is 31.2. The van der Waals surface area contributed by atoms with Gasteiger partial charge >= 0.3 is 7.82 Å². The fourth-order valence-electron chi connectivity index (χ4n) is 1.33. The van der Waals surface area contributed by atoms with Crippen molar-refractivity contribution in [2.24, 2.45) is 5.92 Å². The molecule has 1 unspecified atom stereocenters. The molecule has 0 aromatic heterocycles. The van der Waals surface area contributed by atoms with E-state index in [4.69, 9.17) is 14.5 Å². The minimum Gasteiger partial charge on any atom is -0.378 e. The van der Waals surface area contributed by atoms with Gasteiger partial charge in [0.05, 0.1) is 12.7 Å². The number of rotatable bonds is 8. The van der Waals surface area contributed by atoms with E-state index in [9.17, 15) is 4.57 Å². The second-order valence-electron chi connectivity index (χ2n) is 3.82. The lowest BCUT2D eigenvalue weighted by Crippen LogP contribution is -2.17. The van der Waals surface area contributed by atoms with Crippen LogP contribution in [0.5, 0.6) is 0 Å². The summed E-state index contributed by atoms with van der Waals surface area (Å²) in [6.07, 6.45) is 1.40. The van der Waals surface area contributed by atoms with E-state index in [1.807, 2.05) is 6.92 Å². The van der Waals surface area contributed by atoms with Crippen LogP contribution in [0.4, 0.5) is 0 Å². The lowest BCUT2D eigenvalue weighted by atomic mass is 10.0. The molecule has 5 nitrogen and oxygen atoms in total. The maximum atomic E-state index is 10.4. The third kappa shape index (κ3) is 10.4. The van der Waals surface area contributed by atoms with Gasteiger partial charge in [0.25, 0.3) is 0 Å². The summed E-state index contributed by atoms with van der Waals surface area (Å²) in [5.41, 5.74) is 0. The first kappa shape index (κ1) is 15.1. The van der Waals surface area contributed by atoms with Crippen LogP contribution >= 0.6 is 7.82 Å². The van der Waals surface area contributed by atoms with Gasteiger partial charge in [-0.2, -0.15) is 0 Å². The molecular weight excluding hydrogens is 219 g/mol. The van der Waals surface area contributed by atoms with E-state index in [0.717, 1.165) is 6.42 Å². The first-order chi connectivity index (χ1) is 6.85. The Morgan fingerprint density at radius 3 is 2.33 bits per heavy atom. The summed E-state index contributed by atoms with van der Waals surface area (Å²) in [7, 11) is -4.33. The highest BCUT2D eigenvalue weighted by Crippen LogP contribution is 2.35. The van der Waals surface area contributed by atoms with Crippen molar-refractivity contribution in [3.05, 3.63) is 0 Å². The smallest absolute Gasteiger partial charge is 0.378 e. The molecule has 0 aliphatic rings. The summed E-state index contributed by atoms with van der Waals surface area (Å²) in [5, 5.41) is 0. The van der Waals surface area contributed by atoms with Crippen LogP contribution in [0, 0.1) is 5.92 Å². The zero-order chi connectivity index (χ0) is 11.9. The second kappa shape index (κ2) is 7.36. The molecule has 0 saturated carbocycles. The largest absolute Gasteiger partial charge is 0.469 e. The monoisotopic (exact) mass is 240 g/mol. The normalized spacial score (nSPS) is 14.5. The molecule has 0 fully saturated rings. The molecule has 92 valence electrons. The average molecular weight is 240 g/mol. The van der Waals surface area contributed by atoms with Crippen molar-refractivity contribution in [3.8, 4) is 0 Å². The lowest BCUT2D eigenvalue weighted by molar-refractivity contribution is 0.0301. The fraction of sp³-hybridized carbons (Fsp3) is 1.00. The average Bonchev–Trinajstić information content (AvgIpc) is 2.00. The Balaban J connectivity index is 3.80. The van der Waals surface area contributed by atoms with Gasteiger partial charge in [-0.1, -0.05) is 13.8 Å². The van der Waals surface area contributed by atoms with E-state index in [1.165, 1.54) is 0 Å². The van der Waals surface area contributed by atoms with E-state index < -0.39 is 7.82 Å². The molecule has 15 heavy (non-hydrogen) atoms. The van der Waals surface area contributed by atoms with Gasteiger partial charge in [-0.15, -0.1) is 0 Å². The van der Waals surface area contributed by atoms with Crippen molar-refractivity contribution in [2.45, 2.75) is 39.7 Å². The van der Waals surface area contributed by atoms with Crippen LogP contribution in [0.1, 0.15) is 33.6 Å². The third-order valence-corrected chi connectivity index (χ3v) is 2.35. The maximum absolute atomic E-state index is 10.4. The van der Waals surface area contributed by atoms with Crippen molar-refractivity contribution in [1.29, 1.82) is 0 Å². The number of ether oxygens (including phenoxy) is 1. The molecule has 0 aliphatic heterocycles. The van der Waals surface area contributed by atoms with Crippen LogP contribution in [0.25, 0.3) is 0 Å². The summed E-state index contributed by atoms with van der Waals surface area (Å²) in [6.45, 7) is 6.69. The Hall–Kier alpha value is 0.0700. The summed E-state index contributed by atoms with van der Waals surface area (Å²) < 4.78 is 20.2. The van der Waals surface area contributed by atoms with Crippen LogP contribution in [0.3, 0.4) is 0 Å². The lowest BCUT2D eigenvalue weighted by Gasteiger charge is -2.18. The second-order valence-corrected chi connectivity index (χ2v) is 5.06. The van der Waals surface area contributed by atoms with Crippen molar-refractivity contribution < 1.29 is 23.6 Å². The zero-order valence-corrected chi connectivity index (χ0v) is 10.4. The van der Waals surface area contributed by atoms with Crippen LogP contribution < -0.4 is 0 Å². The van der Waals surface area contributed by atoms with Crippen LogP contribution in [-0.4, -0.2) is 29.1 Å². The van der Waals surface area contributed by atoms with E-state index in [2.05, 4.69) is 18.4 Å². The highest BCUT2D eigenvalue weighted by molar-refractivity contribution is 7.46. The minimum absolute atomic E-state index is 0.0153. The Bertz CT molecular complexity index is 201. The number of phosphoric acid groups is 1. The molecule has 0 radical (unpaired) electrons. The first-order valence-electron chi connectivity index (χ1n) is 5.16. The molecule has 2 N–H and O–H groups in total. The highest BCUT2D eigenvalue weighted by Gasteiger charge is 2.16. The first-order valence-corrected chi connectivity index (χ1v) is 6.70. The van der Waals surface area contributed by atoms with Crippen molar-refractivity contribution in [2.75, 3.05) is 13.2 Å². The van der Waals surface area contributed by atoms with Gasteiger partial charge < -0.3 is 14.5 Å². The standard InChI is InChI=1S/C9H21O5P/c1-4-13-9(7-8(2)3)5-6-14-15(10,11)12/h8-9H,4-7H2,1-3H3,(H2,10,11,12). The van der Waals surface area contributed by atoms with Gasteiger partial charge in [0.15, 0.2) is 0 Å². The molecule has 0 aliphatic carbocycles. The number of phosphoric ester groups is 1. The summed E-state index contributed by atoms with van der Waals surface area (Å²) in [4.78, 5) is 17.0. The third-order valence-electron chi connectivity index (χ3n) is 1.84. The number of hydrogen-bond acceptors (Lipinski definition) is 3. The molecule has 0 rings (SSSR count). The van der Waals surface area contributed by atoms with Crippen LogP contribution in [0.15, 0.2) is 0 Å². The predicted molar refractivity (Wildman–Crippen MR) is 57.5 cm³/mol. The van der Waals surface area contributed by atoms with E-state index >= 15 is 0 Å². The van der Waals surface area contributed by atoms with Crippen LogP contribution in [-0.2, 0) is 13.8 Å². The molecule has 0 aromatic rings. The molecule has 0 heterocycles. The minimum atomic E-state index is -4.33. The van der Waals surface area contributed by atoms with Gasteiger partial charge in [0, 0.05) is 6.61 Å². The fourth-order valence-corrected chi connectivity index (χ4v) is 1.68. The Labute approximate surface area is 91.0 Å². The molecule has 0 spiro atoms. The Morgan fingerprint density at radius 1 is 1.33 bits per heavy atom. The van der Waals surface area contributed by atoms with Crippen molar-refractivity contribution >= 4 is 7.82 Å². The molecule has 0 bridgehead atoms. The predicted octanol–water partition coefficient (Wildman–Crippen LogP) is 1.94. The van der Waals surface area contributed by atoms with Gasteiger partial charge in [-0.3, -0.25) is 4.52 Å². The van der Waals surface area contributed by atoms with Crippen molar-refractivity contribution in [1.82, 2.24) is 0 Å². The number of hydrogen-bond donors (Lipinski definition) is 2. The van der Waals surface area contributed by atoms with Gasteiger partial charge in [-0.25, -0.2) is 4.57 Å². The molecule has 0 saturated heterocycles. The van der Waals surface area contributed by atoms with Crippen molar-refractivity contribution in [3.63, 3.8) is 0 Å². The zero-order valence-electron chi connectivity index (χ0n) is 9.55. The van der Waals surface area contributed by atoms with E-state index in [1.54, 1.807) is 0 Å². The molecular formula is C9H21O5P. The molecule has 6 heteroatoms. The summed E-state index contributed by atoms with van der Waals surface area (Å²) in [6, 6.07) is 0. The van der Waals surface area contributed by atoms with Gasteiger partial charge in [-0.05, 0) is 25.7 Å². The van der Waals surface area contributed by atoms with E-state index in [-0.39, 0.29) is 12.7 Å². The topological polar surface area (TPSA) is 76.0 Å². The quantitative estimate of drug-likeness (QED) is 0.634. The summed E-state index contributed by atoms with van der Waals surface area (Å²) in [5.74, 6) is 0.497. The SMILES string of the molecule is CCOC(CCOP(=O)(O)O)CC(C)C. The Kier molecular flexibility index (Phi) is 7.40. The molecule has 0 aromatic carbocycles. The molecule has 0 amide bonds. The summed E-state index contributed by atoms with van der Waals surface area (Å²) >= 11 is 0. The van der Waals surface area contributed by atoms with E-state index in [0.29, 0.717) is 18.9 Å². The maximum Gasteiger partial charge on any atom is 0.469 e. The van der Waals surface area contributed by atoms with Gasteiger partial charge in [0.1, 0.15) is 0 Å². The Morgan fingerprint density at radius 2 is 1.93 bits per heavy atom.